The molecule has 1 atom stereocenters. The number of rotatable bonds is 2. The number of alkyl halides is 6. The van der Waals surface area contributed by atoms with Crippen molar-refractivity contribution in [2.45, 2.75) is 18.3 Å². The maximum Gasteiger partial charge on any atom is 0.456 e. The van der Waals surface area contributed by atoms with E-state index in [-0.39, 0.29) is 0 Å². The van der Waals surface area contributed by atoms with Crippen LogP contribution in [-0.2, 0) is 0 Å². The largest absolute Gasteiger partial charge is 0.456 e. The Morgan fingerprint density at radius 3 is 1.73 bits per heavy atom. The van der Waals surface area contributed by atoms with Gasteiger partial charge < -0.3 is 0 Å². The average molecular weight is 228 g/mol. The molecular formula is C9H6F6. The van der Waals surface area contributed by atoms with Gasteiger partial charge in [0.1, 0.15) is 0 Å². The molecule has 0 heterocycles. The summed E-state index contributed by atoms with van der Waals surface area (Å²) in [6.07, 6.45) is -9.26. The third-order valence-electron chi connectivity index (χ3n) is 1.79. The fourth-order valence-electron chi connectivity index (χ4n) is 0.975. The summed E-state index contributed by atoms with van der Waals surface area (Å²) in [5, 5.41) is 0. The second kappa shape index (κ2) is 3.75. The van der Waals surface area contributed by atoms with Gasteiger partial charge in [-0.05, 0) is 5.56 Å². The lowest BCUT2D eigenvalue weighted by Crippen LogP contribution is -2.40. The Kier molecular flexibility index (Phi) is 2.97. The highest BCUT2D eigenvalue weighted by atomic mass is 19.4. The molecule has 0 radical (unpaired) electrons. The Hall–Kier alpha value is -1.20. The summed E-state index contributed by atoms with van der Waals surface area (Å²) in [6, 6.07) is 5.53. The molecule has 0 aliphatic heterocycles. The fourth-order valence-corrected chi connectivity index (χ4v) is 0.975. The first-order valence-corrected chi connectivity index (χ1v) is 3.90. The van der Waals surface area contributed by atoms with Gasteiger partial charge in [0.25, 0.3) is 0 Å². The molecule has 0 nitrogen and oxygen atoms in total. The molecule has 0 fully saturated rings. The van der Waals surface area contributed by atoms with Crippen LogP contribution in [0.4, 0.5) is 26.3 Å². The van der Waals surface area contributed by atoms with E-state index in [1.54, 1.807) is 0 Å². The van der Waals surface area contributed by atoms with Crippen LogP contribution in [0.25, 0.3) is 0 Å². The van der Waals surface area contributed by atoms with Crippen molar-refractivity contribution in [3.8, 4) is 0 Å². The highest BCUT2D eigenvalue weighted by Gasteiger charge is 2.63. The van der Waals surface area contributed by atoms with Crippen molar-refractivity contribution in [2.24, 2.45) is 0 Å². The van der Waals surface area contributed by atoms with Crippen molar-refractivity contribution in [1.82, 2.24) is 0 Å². The normalized spacial score (nSPS) is 15.1. The number of hydrogen-bond donors (Lipinski definition) is 0. The zero-order valence-corrected chi connectivity index (χ0v) is 7.23. The minimum Gasteiger partial charge on any atom is -0.235 e. The molecule has 0 aliphatic carbocycles. The Labute approximate surface area is 81.5 Å². The van der Waals surface area contributed by atoms with E-state index in [1.165, 1.54) is 18.2 Å². The molecule has 0 bridgehead atoms. The zero-order valence-electron chi connectivity index (χ0n) is 7.23. The predicted molar refractivity (Wildman–Crippen MR) is 41.3 cm³/mol. The monoisotopic (exact) mass is 228 g/mol. The van der Waals surface area contributed by atoms with E-state index < -0.39 is 23.8 Å². The topological polar surface area (TPSA) is 0 Å². The van der Waals surface area contributed by atoms with Crippen LogP contribution in [0.2, 0.25) is 0 Å². The molecule has 1 aromatic carbocycles. The molecule has 1 unspecified atom stereocenters. The summed E-state index contributed by atoms with van der Waals surface area (Å²) in [5.74, 6) is -5.37. The molecule has 6 heteroatoms. The van der Waals surface area contributed by atoms with Crippen LogP contribution in [0.15, 0.2) is 30.3 Å². The van der Waals surface area contributed by atoms with Gasteiger partial charge in [0.15, 0.2) is 6.17 Å². The minimum atomic E-state index is -5.89. The molecule has 0 spiro atoms. The second-order valence-corrected chi connectivity index (χ2v) is 2.89. The third kappa shape index (κ3) is 2.24. The van der Waals surface area contributed by atoms with Gasteiger partial charge >= 0.3 is 12.1 Å². The molecule has 15 heavy (non-hydrogen) atoms. The molecule has 0 N–H and O–H groups in total. The van der Waals surface area contributed by atoms with Gasteiger partial charge in [0.05, 0.1) is 0 Å². The molecule has 1 aromatic rings. The van der Waals surface area contributed by atoms with Crippen LogP contribution >= 0.6 is 0 Å². The SMILES string of the molecule is FC(c1ccccc1)C(F)(F)C(F)(F)F. The summed E-state index contributed by atoms with van der Waals surface area (Å²) in [7, 11) is 0. The number of halogens is 6. The maximum absolute atomic E-state index is 12.9. The van der Waals surface area contributed by atoms with Gasteiger partial charge in [-0.15, -0.1) is 0 Å². The second-order valence-electron chi connectivity index (χ2n) is 2.89. The summed E-state index contributed by atoms with van der Waals surface area (Å²) < 4.78 is 73.3. The van der Waals surface area contributed by atoms with E-state index in [0.717, 1.165) is 12.1 Å². The molecule has 0 aromatic heterocycles. The molecule has 84 valence electrons. The maximum atomic E-state index is 12.9. The highest BCUT2D eigenvalue weighted by Crippen LogP contribution is 2.46. The highest BCUT2D eigenvalue weighted by molar-refractivity contribution is 5.20. The van der Waals surface area contributed by atoms with E-state index in [9.17, 15) is 26.3 Å². The molecule has 0 amide bonds. The van der Waals surface area contributed by atoms with Gasteiger partial charge in [-0.2, -0.15) is 22.0 Å². The average Bonchev–Trinajstić information content (AvgIpc) is 2.16. The van der Waals surface area contributed by atoms with Gasteiger partial charge in [-0.1, -0.05) is 30.3 Å². The number of benzene rings is 1. The quantitative estimate of drug-likeness (QED) is 0.673. The first-order chi connectivity index (χ1) is 6.77. The lowest BCUT2D eigenvalue weighted by molar-refractivity contribution is -0.305. The summed E-state index contributed by atoms with van der Waals surface area (Å²) in [6.45, 7) is 0. The molecule has 0 saturated heterocycles. The van der Waals surface area contributed by atoms with E-state index in [2.05, 4.69) is 0 Å². The van der Waals surface area contributed by atoms with Crippen molar-refractivity contribution in [1.29, 1.82) is 0 Å². The van der Waals surface area contributed by atoms with Crippen molar-refractivity contribution < 1.29 is 26.3 Å². The van der Waals surface area contributed by atoms with Crippen molar-refractivity contribution in [3.05, 3.63) is 35.9 Å². The van der Waals surface area contributed by atoms with E-state index in [1.807, 2.05) is 0 Å². The van der Waals surface area contributed by atoms with E-state index in [4.69, 9.17) is 0 Å². The molecule has 1 rings (SSSR count). The van der Waals surface area contributed by atoms with Crippen LogP contribution in [0.1, 0.15) is 11.7 Å². The van der Waals surface area contributed by atoms with E-state index >= 15 is 0 Å². The van der Waals surface area contributed by atoms with Crippen LogP contribution in [0, 0.1) is 0 Å². The lowest BCUT2D eigenvalue weighted by Gasteiger charge is -2.23. The standard InChI is InChI=1S/C9H6F6/c10-7(6-4-2-1-3-5-6)8(11,12)9(13,14)15/h1-5,7H. The first-order valence-electron chi connectivity index (χ1n) is 3.90. The molecule has 0 saturated carbocycles. The fraction of sp³-hybridized carbons (Fsp3) is 0.333. The van der Waals surface area contributed by atoms with Crippen molar-refractivity contribution in [2.75, 3.05) is 0 Å². The van der Waals surface area contributed by atoms with Crippen LogP contribution in [0.5, 0.6) is 0 Å². The summed E-state index contributed by atoms with van der Waals surface area (Å²) in [4.78, 5) is 0. The lowest BCUT2D eigenvalue weighted by atomic mass is 10.0. The van der Waals surface area contributed by atoms with Crippen LogP contribution < -0.4 is 0 Å². The van der Waals surface area contributed by atoms with Crippen molar-refractivity contribution in [3.63, 3.8) is 0 Å². The zero-order chi connectivity index (χ0) is 11.7. The van der Waals surface area contributed by atoms with Gasteiger partial charge in [-0.25, -0.2) is 4.39 Å². The smallest absolute Gasteiger partial charge is 0.235 e. The Balaban J connectivity index is 3.00. The Morgan fingerprint density at radius 2 is 1.33 bits per heavy atom. The summed E-state index contributed by atoms with van der Waals surface area (Å²) >= 11 is 0. The first kappa shape index (κ1) is 11.9. The predicted octanol–water partition coefficient (Wildman–Crippen LogP) is 3.89. The van der Waals surface area contributed by atoms with Gasteiger partial charge in [0.2, 0.25) is 0 Å². The third-order valence-corrected chi connectivity index (χ3v) is 1.79. The van der Waals surface area contributed by atoms with Gasteiger partial charge in [0, 0.05) is 0 Å². The van der Waals surface area contributed by atoms with E-state index in [0.29, 0.717) is 0 Å². The number of hydrogen-bond acceptors (Lipinski definition) is 0. The Morgan fingerprint density at radius 1 is 0.867 bits per heavy atom. The van der Waals surface area contributed by atoms with Crippen LogP contribution in [-0.4, -0.2) is 12.1 Å². The molecular weight excluding hydrogens is 222 g/mol. The molecule has 0 aliphatic rings. The summed E-state index contributed by atoms with van der Waals surface area (Å²) in [5.41, 5.74) is -0.695. The van der Waals surface area contributed by atoms with Crippen LogP contribution in [0.3, 0.4) is 0 Å². The van der Waals surface area contributed by atoms with Gasteiger partial charge in [-0.3, -0.25) is 0 Å². The minimum absolute atomic E-state index is 0.695. The Bertz CT molecular complexity index is 315. The van der Waals surface area contributed by atoms with Crippen molar-refractivity contribution >= 4 is 0 Å².